The molecule has 2 aromatic carbocycles. The molecule has 0 saturated carbocycles. The predicted octanol–water partition coefficient (Wildman–Crippen LogP) is 6.29. The Morgan fingerprint density at radius 1 is 1.11 bits per heavy atom. The van der Waals surface area contributed by atoms with E-state index in [4.69, 9.17) is 4.74 Å². The molecule has 0 radical (unpaired) electrons. The summed E-state index contributed by atoms with van der Waals surface area (Å²) in [5.41, 5.74) is 4.20. The molecule has 0 bridgehead atoms. The van der Waals surface area contributed by atoms with Crippen molar-refractivity contribution in [2.75, 3.05) is 11.9 Å². The van der Waals surface area contributed by atoms with Gasteiger partial charge in [0.25, 0.3) is 0 Å². The van der Waals surface area contributed by atoms with Crippen LogP contribution in [-0.4, -0.2) is 6.54 Å². The Kier molecular flexibility index (Phi) is 4.60. The fraction of sp³-hybridized carbons (Fsp3) is 0.238. The molecular formula is C21H18F3NOS. The Hall–Kier alpha value is -2.47. The van der Waals surface area contributed by atoms with E-state index < -0.39 is 11.1 Å². The van der Waals surface area contributed by atoms with E-state index in [0.29, 0.717) is 16.2 Å². The minimum Gasteiger partial charge on any atom is -0.488 e. The maximum Gasteiger partial charge on any atom is 0.426 e. The first-order chi connectivity index (χ1) is 12.9. The number of ether oxygens (including phenoxy) is 1. The lowest BCUT2D eigenvalue weighted by molar-refractivity contribution is -0.133. The third kappa shape index (κ3) is 3.67. The van der Waals surface area contributed by atoms with Crippen molar-refractivity contribution in [3.05, 3.63) is 69.4 Å². The number of benzene rings is 2. The Bertz CT molecular complexity index is 964. The molecule has 2 nitrogen and oxygen atoms in total. The fourth-order valence-corrected chi connectivity index (χ4v) is 4.35. The summed E-state index contributed by atoms with van der Waals surface area (Å²) in [5, 5.41) is 3.34. The molecule has 0 amide bonds. The molecule has 0 spiro atoms. The number of anilines is 1. The van der Waals surface area contributed by atoms with Gasteiger partial charge >= 0.3 is 6.18 Å². The average molecular weight is 389 g/mol. The van der Waals surface area contributed by atoms with Gasteiger partial charge in [-0.25, -0.2) is 0 Å². The van der Waals surface area contributed by atoms with E-state index in [2.05, 4.69) is 5.32 Å². The van der Waals surface area contributed by atoms with Gasteiger partial charge in [-0.1, -0.05) is 30.3 Å². The van der Waals surface area contributed by atoms with E-state index in [0.717, 1.165) is 35.6 Å². The SMILES string of the molecule is Cc1cc(OCc2cc(-c3ccccc3)c(C(F)(F)F)s2)cc2c1NCC2. The monoisotopic (exact) mass is 389 g/mol. The van der Waals surface area contributed by atoms with Crippen LogP contribution < -0.4 is 10.1 Å². The number of aryl methyl sites for hydroxylation is 1. The number of hydrogen-bond donors (Lipinski definition) is 1. The number of hydrogen-bond acceptors (Lipinski definition) is 3. The zero-order valence-corrected chi connectivity index (χ0v) is 15.5. The summed E-state index contributed by atoms with van der Waals surface area (Å²) < 4.78 is 46.3. The topological polar surface area (TPSA) is 21.3 Å². The largest absolute Gasteiger partial charge is 0.488 e. The van der Waals surface area contributed by atoms with Crippen molar-refractivity contribution in [2.45, 2.75) is 26.1 Å². The summed E-state index contributed by atoms with van der Waals surface area (Å²) in [4.78, 5) is -0.0286. The van der Waals surface area contributed by atoms with Gasteiger partial charge in [-0.3, -0.25) is 0 Å². The van der Waals surface area contributed by atoms with Gasteiger partial charge in [0, 0.05) is 22.7 Å². The first-order valence-corrected chi connectivity index (χ1v) is 9.49. The minimum atomic E-state index is -4.39. The zero-order chi connectivity index (χ0) is 19.0. The van der Waals surface area contributed by atoms with Crippen molar-refractivity contribution in [3.63, 3.8) is 0 Å². The fourth-order valence-electron chi connectivity index (χ4n) is 3.39. The van der Waals surface area contributed by atoms with Crippen LogP contribution in [0.3, 0.4) is 0 Å². The molecule has 0 aliphatic carbocycles. The molecule has 0 fully saturated rings. The second-order valence-electron chi connectivity index (χ2n) is 6.56. The Morgan fingerprint density at radius 2 is 1.89 bits per heavy atom. The molecule has 0 unspecified atom stereocenters. The summed E-state index contributed by atoms with van der Waals surface area (Å²) in [6, 6.07) is 14.1. The third-order valence-corrected chi connectivity index (χ3v) is 5.75. The van der Waals surface area contributed by atoms with Crippen LogP contribution in [0.15, 0.2) is 48.5 Å². The molecule has 1 aromatic heterocycles. The van der Waals surface area contributed by atoms with Gasteiger partial charge in [-0.15, -0.1) is 11.3 Å². The molecule has 1 aliphatic rings. The van der Waals surface area contributed by atoms with Gasteiger partial charge in [-0.05, 0) is 48.2 Å². The molecule has 2 heterocycles. The van der Waals surface area contributed by atoms with Gasteiger partial charge in [0.2, 0.25) is 0 Å². The first kappa shape index (κ1) is 17.9. The lowest BCUT2D eigenvalue weighted by atomic mass is 10.1. The number of rotatable bonds is 4. The second kappa shape index (κ2) is 6.93. The highest BCUT2D eigenvalue weighted by molar-refractivity contribution is 7.12. The van der Waals surface area contributed by atoms with Crippen molar-refractivity contribution >= 4 is 17.0 Å². The average Bonchev–Trinajstić information content (AvgIpc) is 3.27. The molecule has 140 valence electrons. The van der Waals surface area contributed by atoms with Crippen LogP contribution in [0, 0.1) is 6.92 Å². The van der Waals surface area contributed by atoms with Crippen LogP contribution in [0.4, 0.5) is 18.9 Å². The van der Waals surface area contributed by atoms with E-state index in [1.165, 1.54) is 5.56 Å². The van der Waals surface area contributed by atoms with Crippen LogP contribution in [0.2, 0.25) is 0 Å². The summed E-state index contributed by atoms with van der Waals surface area (Å²) in [6.45, 7) is 3.02. The normalized spacial score (nSPS) is 13.3. The van der Waals surface area contributed by atoms with E-state index in [-0.39, 0.29) is 12.2 Å². The molecule has 6 heteroatoms. The molecule has 4 rings (SSSR count). The minimum absolute atomic E-state index is 0.117. The van der Waals surface area contributed by atoms with Crippen molar-refractivity contribution in [3.8, 4) is 16.9 Å². The van der Waals surface area contributed by atoms with Gasteiger partial charge in [0.05, 0.1) is 0 Å². The molecule has 1 N–H and O–H groups in total. The number of thiophene rings is 1. The van der Waals surface area contributed by atoms with Crippen LogP contribution >= 0.6 is 11.3 Å². The van der Waals surface area contributed by atoms with Crippen molar-refractivity contribution in [1.29, 1.82) is 0 Å². The quantitative estimate of drug-likeness (QED) is 0.566. The van der Waals surface area contributed by atoms with Crippen LogP contribution in [0.25, 0.3) is 11.1 Å². The lowest BCUT2D eigenvalue weighted by Crippen LogP contribution is -2.03. The van der Waals surface area contributed by atoms with Crippen LogP contribution in [-0.2, 0) is 19.2 Å². The van der Waals surface area contributed by atoms with E-state index in [1.807, 2.05) is 19.1 Å². The van der Waals surface area contributed by atoms with Crippen LogP contribution in [0.1, 0.15) is 20.9 Å². The number of alkyl halides is 3. The standard InChI is InChI=1S/C21H18F3NOS/c1-13-9-16(10-15-7-8-25-19(13)15)26-12-17-11-18(14-5-3-2-4-6-14)20(27-17)21(22,23)24/h2-6,9-11,25H,7-8,12H2,1H3. The lowest BCUT2D eigenvalue weighted by Gasteiger charge is -2.10. The van der Waals surface area contributed by atoms with Crippen molar-refractivity contribution in [2.24, 2.45) is 0 Å². The molecule has 27 heavy (non-hydrogen) atoms. The van der Waals surface area contributed by atoms with E-state index in [9.17, 15) is 13.2 Å². The summed E-state index contributed by atoms with van der Waals surface area (Å²) in [5.74, 6) is 0.693. The van der Waals surface area contributed by atoms with Gasteiger partial charge < -0.3 is 10.1 Å². The molecule has 3 aromatic rings. The Balaban J connectivity index is 1.60. The first-order valence-electron chi connectivity index (χ1n) is 8.67. The smallest absolute Gasteiger partial charge is 0.426 e. The maximum atomic E-state index is 13.5. The highest BCUT2D eigenvalue weighted by atomic mass is 32.1. The van der Waals surface area contributed by atoms with E-state index in [1.54, 1.807) is 36.4 Å². The van der Waals surface area contributed by atoms with Gasteiger partial charge in [-0.2, -0.15) is 13.2 Å². The predicted molar refractivity (Wildman–Crippen MR) is 102 cm³/mol. The molecule has 0 atom stereocenters. The van der Waals surface area contributed by atoms with E-state index >= 15 is 0 Å². The number of fused-ring (bicyclic) bond motifs is 1. The molecular weight excluding hydrogens is 371 g/mol. The third-order valence-electron chi connectivity index (χ3n) is 4.59. The molecule has 1 aliphatic heterocycles. The van der Waals surface area contributed by atoms with Crippen molar-refractivity contribution < 1.29 is 17.9 Å². The zero-order valence-electron chi connectivity index (χ0n) is 14.7. The Labute approximate surface area is 159 Å². The number of nitrogens with one attached hydrogen (secondary N) is 1. The Morgan fingerprint density at radius 3 is 2.63 bits per heavy atom. The summed E-state index contributed by atoms with van der Waals surface area (Å²) in [6.07, 6.45) is -3.45. The summed E-state index contributed by atoms with van der Waals surface area (Å²) >= 11 is 0.748. The second-order valence-corrected chi connectivity index (χ2v) is 7.70. The summed E-state index contributed by atoms with van der Waals surface area (Å²) in [7, 11) is 0. The molecule has 0 saturated heterocycles. The number of halogens is 3. The van der Waals surface area contributed by atoms with Crippen LogP contribution in [0.5, 0.6) is 5.75 Å². The van der Waals surface area contributed by atoms with Crippen molar-refractivity contribution in [1.82, 2.24) is 0 Å². The maximum absolute atomic E-state index is 13.5. The van der Waals surface area contributed by atoms with Gasteiger partial charge in [0.1, 0.15) is 17.2 Å². The highest BCUT2D eigenvalue weighted by Crippen LogP contribution is 2.43. The van der Waals surface area contributed by atoms with Gasteiger partial charge in [0.15, 0.2) is 0 Å². The highest BCUT2D eigenvalue weighted by Gasteiger charge is 2.36.